The molecule has 3 aromatic rings. The summed E-state index contributed by atoms with van der Waals surface area (Å²) in [7, 11) is -2.15. The first-order valence-electron chi connectivity index (χ1n) is 11.3. The Morgan fingerprint density at radius 1 is 0.943 bits per heavy atom. The molecule has 0 aromatic heterocycles. The van der Waals surface area contributed by atoms with Gasteiger partial charge in [-0.05, 0) is 48.9 Å². The Labute approximate surface area is 205 Å². The minimum absolute atomic E-state index is 0.107. The monoisotopic (exact) mass is 493 g/mol. The molecular weight excluding hydrogens is 466 g/mol. The van der Waals surface area contributed by atoms with E-state index in [-0.39, 0.29) is 29.7 Å². The van der Waals surface area contributed by atoms with E-state index in [0.717, 1.165) is 11.1 Å². The van der Waals surface area contributed by atoms with E-state index in [1.54, 1.807) is 35.2 Å². The molecule has 182 valence electrons. The lowest BCUT2D eigenvalue weighted by atomic mass is 10.1. The Morgan fingerprint density at radius 3 is 2.34 bits per heavy atom. The molecule has 0 bridgehead atoms. The number of amides is 2. The summed E-state index contributed by atoms with van der Waals surface area (Å²) in [5.74, 6) is 0.0459. The third-order valence-electron chi connectivity index (χ3n) is 5.81. The van der Waals surface area contributed by atoms with E-state index < -0.39 is 16.1 Å². The fourth-order valence-corrected chi connectivity index (χ4v) is 4.58. The summed E-state index contributed by atoms with van der Waals surface area (Å²) >= 11 is 0. The first-order valence-corrected chi connectivity index (χ1v) is 12.8. The van der Waals surface area contributed by atoms with Gasteiger partial charge in [0.2, 0.25) is 15.9 Å². The Kier molecular flexibility index (Phi) is 7.48. The Hall–Kier alpha value is -3.69. The molecule has 2 amide bonds. The maximum absolute atomic E-state index is 13.2. The smallest absolute Gasteiger partial charge is 0.263 e. The molecule has 3 aromatic carbocycles. The first kappa shape index (κ1) is 24.4. The number of para-hydroxylation sites is 2. The number of sulfonamides is 1. The normalized spacial score (nSPS) is 15.1. The van der Waals surface area contributed by atoms with Gasteiger partial charge < -0.3 is 15.0 Å². The molecular formula is C26H27N3O5S. The number of nitrogens with zero attached hydrogens (tertiary/aromatic N) is 1. The van der Waals surface area contributed by atoms with Crippen molar-refractivity contribution >= 4 is 27.5 Å². The zero-order valence-electron chi connectivity index (χ0n) is 19.3. The highest BCUT2D eigenvalue weighted by Crippen LogP contribution is 2.33. The van der Waals surface area contributed by atoms with Crippen LogP contribution in [-0.4, -0.2) is 39.9 Å². The molecule has 0 radical (unpaired) electrons. The molecule has 1 aliphatic rings. The van der Waals surface area contributed by atoms with Crippen molar-refractivity contribution in [3.8, 4) is 5.75 Å². The zero-order valence-corrected chi connectivity index (χ0v) is 20.1. The van der Waals surface area contributed by atoms with Crippen LogP contribution in [0.25, 0.3) is 0 Å². The van der Waals surface area contributed by atoms with Gasteiger partial charge in [-0.15, -0.1) is 0 Å². The van der Waals surface area contributed by atoms with Crippen molar-refractivity contribution in [1.29, 1.82) is 0 Å². The van der Waals surface area contributed by atoms with Crippen LogP contribution in [0.1, 0.15) is 17.5 Å². The van der Waals surface area contributed by atoms with Crippen molar-refractivity contribution in [1.82, 2.24) is 10.0 Å². The number of aryl methyl sites for hydroxylation is 1. The van der Waals surface area contributed by atoms with Gasteiger partial charge in [-0.25, -0.2) is 13.1 Å². The number of ether oxygens (including phenoxy) is 1. The molecule has 8 nitrogen and oxygen atoms in total. The van der Waals surface area contributed by atoms with Crippen LogP contribution in [0, 0.1) is 0 Å². The summed E-state index contributed by atoms with van der Waals surface area (Å²) in [6, 6.07) is 23.2. The van der Waals surface area contributed by atoms with Crippen molar-refractivity contribution in [3.63, 3.8) is 0 Å². The van der Waals surface area contributed by atoms with Crippen LogP contribution < -0.4 is 19.7 Å². The third kappa shape index (κ3) is 5.87. The van der Waals surface area contributed by atoms with Gasteiger partial charge in [0.05, 0.1) is 17.1 Å². The number of hydrogen-bond donors (Lipinski definition) is 2. The molecule has 0 saturated heterocycles. The number of fused-ring (bicyclic) bond motifs is 1. The number of anilines is 1. The standard InChI is InChI=1S/C26H27N3O5S/c1-27-35(32,33)21-14-11-19(12-15-21)13-16-25(30)29-18-24(34-23-10-6-5-9-22(23)29)26(31)28-17-20-7-3-2-4-8-20/h2-12,14-15,24,27H,13,16-18H2,1H3,(H,28,31)/t24-/m1/s1. The molecule has 4 rings (SSSR count). The van der Waals surface area contributed by atoms with E-state index in [1.807, 2.05) is 36.4 Å². The number of carbonyl (C=O) groups excluding carboxylic acids is 2. The second-order valence-electron chi connectivity index (χ2n) is 8.13. The topological polar surface area (TPSA) is 105 Å². The largest absolute Gasteiger partial charge is 0.477 e. The van der Waals surface area contributed by atoms with Gasteiger partial charge >= 0.3 is 0 Å². The minimum Gasteiger partial charge on any atom is -0.477 e. The lowest BCUT2D eigenvalue weighted by Gasteiger charge is -2.34. The van der Waals surface area contributed by atoms with Gasteiger partial charge in [0.25, 0.3) is 5.91 Å². The molecule has 0 saturated carbocycles. The highest BCUT2D eigenvalue weighted by Gasteiger charge is 2.33. The molecule has 0 fully saturated rings. The quantitative estimate of drug-likeness (QED) is 0.502. The van der Waals surface area contributed by atoms with E-state index >= 15 is 0 Å². The number of carbonyl (C=O) groups is 2. The summed E-state index contributed by atoms with van der Waals surface area (Å²) < 4.78 is 32.0. The van der Waals surface area contributed by atoms with Crippen LogP contribution in [0.15, 0.2) is 83.8 Å². The summed E-state index contributed by atoms with van der Waals surface area (Å²) in [6.45, 7) is 0.476. The maximum atomic E-state index is 13.2. The lowest BCUT2D eigenvalue weighted by Crippen LogP contribution is -2.50. The lowest BCUT2D eigenvalue weighted by molar-refractivity contribution is -0.128. The fraction of sp³-hybridized carbons (Fsp3) is 0.231. The van der Waals surface area contributed by atoms with Crippen LogP contribution in [0.4, 0.5) is 5.69 Å². The Balaban J connectivity index is 1.42. The average Bonchev–Trinajstić information content (AvgIpc) is 2.90. The van der Waals surface area contributed by atoms with Crippen LogP contribution in [-0.2, 0) is 32.6 Å². The maximum Gasteiger partial charge on any atom is 0.263 e. The summed E-state index contributed by atoms with van der Waals surface area (Å²) in [6.07, 6.45) is -0.197. The van der Waals surface area contributed by atoms with Crippen LogP contribution in [0.5, 0.6) is 5.75 Å². The van der Waals surface area contributed by atoms with Gasteiger partial charge in [0, 0.05) is 13.0 Å². The van der Waals surface area contributed by atoms with E-state index in [2.05, 4.69) is 10.0 Å². The van der Waals surface area contributed by atoms with Crippen molar-refractivity contribution < 1.29 is 22.7 Å². The Morgan fingerprint density at radius 2 is 1.63 bits per heavy atom. The van der Waals surface area contributed by atoms with Crippen molar-refractivity contribution in [2.24, 2.45) is 0 Å². The molecule has 0 spiro atoms. The Bertz CT molecular complexity index is 1290. The first-order chi connectivity index (χ1) is 16.9. The zero-order chi connectivity index (χ0) is 24.8. The molecule has 1 aliphatic heterocycles. The van der Waals surface area contributed by atoms with Gasteiger partial charge in [-0.3, -0.25) is 9.59 Å². The highest BCUT2D eigenvalue weighted by molar-refractivity contribution is 7.89. The average molecular weight is 494 g/mol. The molecule has 9 heteroatoms. The van der Waals surface area contributed by atoms with Crippen molar-refractivity contribution in [2.45, 2.75) is 30.4 Å². The molecule has 2 N–H and O–H groups in total. The number of rotatable bonds is 8. The van der Waals surface area contributed by atoms with Crippen LogP contribution >= 0.6 is 0 Å². The van der Waals surface area contributed by atoms with Crippen LogP contribution in [0.3, 0.4) is 0 Å². The van der Waals surface area contributed by atoms with E-state index in [1.165, 1.54) is 19.2 Å². The van der Waals surface area contributed by atoms with E-state index in [9.17, 15) is 18.0 Å². The molecule has 35 heavy (non-hydrogen) atoms. The second kappa shape index (κ2) is 10.7. The number of hydrogen-bond acceptors (Lipinski definition) is 5. The van der Waals surface area contributed by atoms with Crippen molar-refractivity contribution in [2.75, 3.05) is 18.5 Å². The molecule has 0 aliphatic carbocycles. The van der Waals surface area contributed by atoms with E-state index in [0.29, 0.717) is 24.4 Å². The predicted molar refractivity (Wildman–Crippen MR) is 133 cm³/mol. The van der Waals surface area contributed by atoms with Gasteiger partial charge in [0.1, 0.15) is 5.75 Å². The SMILES string of the molecule is CNS(=O)(=O)c1ccc(CCC(=O)N2C[C@H](C(=O)NCc3ccccc3)Oc3ccccc32)cc1. The van der Waals surface area contributed by atoms with Crippen LogP contribution in [0.2, 0.25) is 0 Å². The van der Waals surface area contributed by atoms with Crippen molar-refractivity contribution in [3.05, 3.63) is 90.0 Å². The molecule has 1 atom stereocenters. The predicted octanol–water partition coefficient (Wildman–Crippen LogP) is 2.64. The molecule has 0 unspecified atom stereocenters. The summed E-state index contributed by atoms with van der Waals surface area (Å²) in [4.78, 5) is 27.8. The number of benzene rings is 3. The van der Waals surface area contributed by atoms with E-state index in [4.69, 9.17) is 4.74 Å². The van der Waals surface area contributed by atoms with Gasteiger partial charge in [-0.2, -0.15) is 0 Å². The van der Waals surface area contributed by atoms with Gasteiger partial charge in [-0.1, -0.05) is 54.6 Å². The molecule has 1 heterocycles. The third-order valence-corrected chi connectivity index (χ3v) is 7.24. The number of nitrogens with one attached hydrogen (secondary N) is 2. The minimum atomic E-state index is -3.51. The summed E-state index contributed by atoms with van der Waals surface area (Å²) in [5.41, 5.74) is 2.44. The highest BCUT2D eigenvalue weighted by atomic mass is 32.2. The van der Waals surface area contributed by atoms with Gasteiger partial charge in [0.15, 0.2) is 6.10 Å². The summed E-state index contributed by atoms with van der Waals surface area (Å²) in [5, 5.41) is 2.88. The second-order valence-corrected chi connectivity index (χ2v) is 10.0. The fourth-order valence-electron chi connectivity index (χ4n) is 3.85.